The number of hydrogen-bond acceptors (Lipinski definition) is 3. The maximum absolute atomic E-state index is 12.3. The van der Waals surface area contributed by atoms with E-state index in [1.807, 2.05) is 24.3 Å². The Bertz CT molecular complexity index is 688. The topological polar surface area (TPSA) is 95.1 Å². The largest absolute Gasteiger partial charge is 0.481 e. The number of carboxylic acids is 1. The number of carboxylic acid groups (broad SMARTS) is 1. The van der Waals surface area contributed by atoms with Crippen LogP contribution >= 0.6 is 0 Å². The number of aliphatic carboxylic acids is 1. The van der Waals surface area contributed by atoms with Gasteiger partial charge in [-0.15, -0.1) is 0 Å². The van der Waals surface area contributed by atoms with E-state index in [4.69, 9.17) is 5.11 Å². The molecule has 1 saturated carbocycles. The third kappa shape index (κ3) is 2.61. The molecule has 0 atom stereocenters. The van der Waals surface area contributed by atoms with Gasteiger partial charge in [-0.3, -0.25) is 14.7 Å². The Balaban J connectivity index is 1.70. The summed E-state index contributed by atoms with van der Waals surface area (Å²) >= 11 is 0. The number of aromatic amines is 1. The summed E-state index contributed by atoms with van der Waals surface area (Å²) in [7, 11) is 0. The minimum absolute atomic E-state index is 0.106. The van der Waals surface area contributed by atoms with Crippen LogP contribution in [0.4, 0.5) is 0 Å². The number of amides is 1. The molecule has 3 rings (SSSR count). The van der Waals surface area contributed by atoms with Crippen LogP contribution in [-0.4, -0.2) is 33.7 Å². The van der Waals surface area contributed by atoms with Gasteiger partial charge in [-0.1, -0.05) is 24.6 Å². The molecule has 6 nitrogen and oxygen atoms in total. The molecule has 6 heteroatoms. The summed E-state index contributed by atoms with van der Waals surface area (Å²) in [6.45, 7) is 0.388. The van der Waals surface area contributed by atoms with Gasteiger partial charge in [0.25, 0.3) is 5.91 Å². The summed E-state index contributed by atoms with van der Waals surface area (Å²) in [6.07, 6.45) is 2.82. The van der Waals surface area contributed by atoms with Crippen LogP contribution in [0, 0.1) is 5.41 Å². The third-order valence-corrected chi connectivity index (χ3v) is 4.25. The smallest absolute Gasteiger partial charge is 0.303 e. The van der Waals surface area contributed by atoms with Crippen molar-refractivity contribution in [3.8, 4) is 0 Å². The number of para-hydroxylation sites is 1. The first kappa shape index (κ1) is 13.6. The molecule has 0 unspecified atom stereocenters. The lowest BCUT2D eigenvalue weighted by Crippen LogP contribution is -2.43. The Kier molecular flexibility index (Phi) is 3.37. The highest BCUT2D eigenvalue weighted by Gasteiger charge is 2.39. The maximum atomic E-state index is 12.3. The van der Waals surface area contributed by atoms with E-state index in [-0.39, 0.29) is 17.7 Å². The van der Waals surface area contributed by atoms with Crippen molar-refractivity contribution < 1.29 is 14.7 Å². The Hall–Kier alpha value is -2.37. The van der Waals surface area contributed by atoms with Crippen molar-refractivity contribution in [1.82, 2.24) is 15.5 Å². The van der Waals surface area contributed by atoms with Gasteiger partial charge < -0.3 is 10.4 Å². The molecule has 0 spiro atoms. The fourth-order valence-corrected chi connectivity index (χ4v) is 2.90. The Morgan fingerprint density at radius 1 is 1.33 bits per heavy atom. The minimum atomic E-state index is -0.811. The first-order valence-corrected chi connectivity index (χ1v) is 7.03. The second-order valence-electron chi connectivity index (χ2n) is 5.72. The lowest BCUT2D eigenvalue weighted by molar-refractivity contribution is -0.141. The summed E-state index contributed by atoms with van der Waals surface area (Å²) in [5.41, 5.74) is 0.884. The number of nitrogens with one attached hydrogen (secondary N) is 2. The molecule has 1 heterocycles. The van der Waals surface area contributed by atoms with Crippen molar-refractivity contribution in [1.29, 1.82) is 0 Å². The van der Waals surface area contributed by atoms with E-state index < -0.39 is 5.97 Å². The summed E-state index contributed by atoms with van der Waals surface area (Å²) in [5.74, 6) is -1.07. The summed E-state index contributed by atoms with van der Waals surface area (Å²) in [4.78, 5) is 23.2. The van der Waals surface area contributed by atoms with Gasteiger partial charge in [-0.25, -0.2) is 0 Å². The zero-order valence-corrected chi connectivity index (χ0v) is 11.6. The normalized spacial score (nSPS) is 16.4. The third-order valence-electron chi connectivity index (χ3n) is 4.25. The fraction of sp³-hybridized carbons (Fsp3) is 0.400. The molecule has 1 aliphatic carbocycles. The van der Waals surface area contributed by atoms with Gasteiger partial charge in [0, 0.05) is 11.9 Å². The van der Waals surface area contributed by atoms with Crippen LogP contribution in [-0.2, 0) is 4.79 Å². The SMILES string of the molecule is O=C(O)CC1(CNC(=O)c2n[nH]c3ccccc23)CCC1. The lowest BCUT2D eigenvalue weighted by atomic mass is 9.66. The summed E-state index contributed by atoms with van der Waals surface area (Å²) in [5, 5.41) is 19.5. The van der Waals surface area contributed by atoms with Gasteiger partial charge in [-0.2, -0.15) is 5.10 Å². The molecule has 0 saturated heterocycles. The van der Waals surface area contributed by atoms with Crippen LogP contribution in [0.3, 0.4) is 0 Å². The molecule has 0 bridgehead atoms. The molecule has 1 aromatic heterocycles. The van der Waals surface area contributed by atoms with Crippen molar-refractivity contribution in [3.05, 3.63) is 30.0 Å². The van der Waals surface area contributed by atoms with Crippen molar-refractivity contribution in [2.24, 2.45) is 5.41 Å². The highest BCUT2D eigenvalue weighted by molar-refractivity contribution is 6.04. The number of hydrogen-bond donors (Lipinski definition) is 3. The minimum Gasteiger partial charge on any atom is -0.481 e. The van der Waals surface area contributed by atoms with Gasteiger partial charge in [0.2, 0.25) is 0 Å². The van der Waals surface area contributed by atoms with Crippen LogP contribution in [0.25, 0.3) is 10.9 Å². The van der Waals surface area contributed by atoms with E-state index in [9.17, 15) is 9.59 Å². The zero-order chi connectivity index (χ0) is 14.9. The first-order valence-electron chi connectivity index (χ1n) is 7.03. The number of carbonyl (C=O) groups excluding carboxylic acids is 1. The molecule has 1 amide bonds. The Morgan fingerprint density at radius 2 is 2.10 bits per heavy atom. The Morgan fingerprint density at radius 3 is 2.76 bits per heavy atom. The van der Waals surface area contributed by atoms with Crippen LogP contribution in [0.2, 0.25) is 0 Å². The molecule has 1 fully saturated rings. The first-order chi connectivity index (χ1) is 10.1. The molecular formula is C15H17N3O3. The van der Waals surface area contributed by atoms with Crippen LogP contribution in [0.1, 0.15) is 36.2 Å². The molecule has 1 aliphatic rings. The number of benzene rings is 1. The molecular weight excluding hydrogens is 270 g/mol. The number of rotatable bonds is 5. The highest BCUT2D eigenvalue weighted by atomic mass is 16.4. The van der Waals surface area contributed by atoms with Crippen molar-refractivity contribution >= 4 is 22.8 Å². The quantitative estimate of drug-likeness (QED) is 0.783. The van der Waals surface area contributed by atoms with Crippen LogP contribution in [0.5, 0.6) is 0 Å². The second kappa shape index (κ2) is 5.20. The number of nitrogens with zero attached hydrogens (tertiary/aromatic N) is 1. The van der Waals surface area contributed by atoms with Gasteiger partial charge >= 0.3 is 5.97 Å². The molecule has 1 aromatic carbocycles. The van der Waals surface area contributed by atoms with Crippen molar-refractivity contribution in [2.75, 3.05) is 6.54 Å². The zero-order valence-electron chi connectivity index (χ0n) is 11.6. The molecule has 3 N–H and O–H groups in total. The maximum Gasteiger partial charge on any atom is 0.303 e. The number of H-pyrrole nitrogens is 1. The van der Waals surface area contributed by atoms with Crippen molar-refractivity contribution in [3.63, 3.8) is 0 Å². The van der Waals surface area contributed by atoms with E-state index in [0.717, 1.165) is 30.2 Å². The van der Waals surface area contributed by atoms with Crippen molar-refractivity contribution in [2.45, 2.75) is 25.7 Å². The average molecular weight is 287 g/mol. The number of aromatic nitrogens is 2. The van der Waals surface area contributed by atoms with Gasteiger partial charge in [0.1, 0.15) is 0 Å². The average Bonchev–Trinajstić information content (AvgIpc) is 2.85. The monoisotopic (exact) mass is 287 g/mol. The van der Waals surface area contributed by atoms with E-state index in [2.05, 4.69) is 15.5 Å². The van der Waals surface area contributed by atoms with Crippen LogP contribution < -0.4 is 5.32 Å². The van der Waals surface area contributed by atoms with E-state index >= 15 is 0 Å². The molecule has 2 aromatic rings. The van der Waals surface area contributed by atoms with Crippen LogP contribution in [0.15, 0.2) is 24.3 Å². The standard InChI is InChI=1S/C15H17N3O3/c19-12(20)8-15(6-3-7-15)9-16-14(21)13-10-4-1-2-5-11(10)17-18-13/h1-2,4-5H,3,6-9H2,(H,16,21)(H,17,18)(H,19,20). The highest BCUT2D eigenvalue weighted by Crippen LogP contribution is 2.43. The number of fused-ring (bicyclic) bond motifs is 1. The molecule has 0 aliphatic heterocycles. The summed E-state index contributed by atoms with van der Waals surface area (Å²) in [6, 6.07) is 7.42. The predicted octanol–water partition coefficient (Wildman–Crippen LogP) is 1.94. The van der Waals surface area contributed by atoms with E-state index in [1.54, 1.807) is 0 Å². The van der Waals surface area contributed by atoms with E-state index in [1.165, 1.54) is 0 Å². The molecule has 21 heavy (non-hydrogen) atoms. The van der Waals surface area contributed by atoms with E-state index in [0.29, 0.717) is 12.2 Å². The molecule has 0 radical (unpaired) electrons. The van der Waals surface area contributed by atoms with Gasteiger partial charge in [0.15, 0.2) is 5.69 Å². The number of carbonyl (C=O) groups is 2. The predicted molar refractivity (Wildman–Crippen MR) is 77.0 cm³/mol. The lowest BCUT2D eigenvalue weighted by Gasteiger charge is -2.40. The second-order valence-corrected chi connectivity index (χ2v) is 5.72. The molecule has 110 valence electrons. The van der Waals surface area contributed by atoms with Gasteiger partial charge in [-0.05, 0) is 24.3 Å². The van der Waals surface area contributed by atoms with Gasteiger partial charge in [0.05, 0.1) is 11.9 Å². The Labute approximate surface area is 121 Å². The fourth-order valence-electron chi connectivity index (χ4n) is 2.90. The summed E-state index contributed by atoms with van der Waals surface area (Å²) < 4.78 is 0.